The summed E-state index contributed by atoms with van der Waals surface area (Å²) in [4.78, 5) is 21.2. The van der Waals surface area contributed by atoms with Crippen molar-refractivity contribution in [1.82, 2.24) is 9.78 Å². The lowest BCUT2D eigenvalue weighted by Crippen LogP contribution is -2.25. The average molecular weight is 306 g/mol. The third-order valence-corrected chi connectivity index (χ3v) is 3.04. The lowest BCUT2D eigenvalue weighted by atomic mass is 10.1. The molecule has 22 heavy (non-hydrogen) atoms. The number of para-hydroxylation sites is 2. The molecule has 2 aromatic rings. The SMILES string of the molecule is NC(=O)CC(O)C(O)c1cnn(-c2ccccc2[N+](=O)[O-])c1. The van der Waals surface area contributed by atoms with Gasteiger partial charge in [-0.25, -0.2) is 4.68 Å². The highest BCUT2D eigenvalue weighted by Crippen LogP contribution is 2.24. The van der Waals surface area contributed by atoms with Gasteiger partial charge in [0.05, 0.1) is 23.6 Å². The van der Waals surface area contributed by atoms with Crippen LogP contribution in [0.1, 0.15) is 18.1 Å². The Kier molecular flexibility index (Phi) is 4.49. The topological polar surface area (TPSA) is 145 Å². The first-order valence-electron chi connectivity index (χ1n) is 6.33. The second-order valence-corrected chi connectivity index (χ2v) is 4.65. The van der Waals surface area contributed by atoms with E-state index >= 15 is 0 Å². The van der Waals surface area contributed by atoms with Crippen LogP contribution in [0, 0.1) is 10.1 Å². The highest BCUT2D eigenvalue weighted by molar-refractivity contribution is 5.74. The van der Waals surface area contributed by atoms with Crippen molar-refractivity contribution in [2.24, 2.45) is 5.73 Å². The number of nitrogens with zero attached hydrogens (tertiary/aromatic N) is 3. The highest BCUT2D eigenvalue weighted by Gasteiger charge is 2.23. The van der Waals surface area contributed by atoms with Crippen LogP contribution >= 0.6 is 0 Å². The first-order chi connectivity index (χ1) is 10.4. The van der Waals surface area contributed by atoms with E-state index < -0.39 is 29.5 Å². The van der Waals surface area contributed by atoms with E-state index in [0.29, 0.717) is 0 Å². The Hall–Kier alpha value is -2.78. The van der Waals surface area contributed by atoms with Crippen molar-refractivity contribution in [3.05, 3.63) is 52.3 Å². The van der Waals surface area contributed by atoms with Crippen LogP contribution in [0.25, 0.3) is 5.69 Å². The largest absolute Gasteiger partial charge is 0.390 e. The maximum atomic E-state index is 11.0. The minimum atomic E-state index is -1.37. The number of aromatic nitrogens is 2. The van der Waals surface area contributed by atoms with Gasteiger partial charge in [-0.2, -0.15) is 5.10 Å². The van der Waals surface area contributed by atoms with Gasteiger partial charge in [-0.1, -0.05) is 12.1 Å². The number of aliphatic hydroxyl groups excluding tert-OH is 2. The van der Waals surface area contributed by atoms with Crippen molar-refractivity contribution >= 4 is 11.6 Å². The summed E-state index contributed by atoms with van der Waals surface area (Å²) in [5.74, 6) is -0.752. The number of hydrogen-bond donors (Lipinski definition) is 3. The summed E-state index contributed by atoms with van der Waals surface area (Å²) in [6, 6.07) is 5.97. The van der Waals surface area contributed by atoms with E-state index in [-0.39, 0.29) is 16.9 Å². The van der Waals surface area contributed by atoms with Crippen LogP contribution < -0.4 is 5.73 Å². The fourth-order valence-corrected chi connectivity index (χ4v) is 1.97. The van der Waals surface area contributed by atoms with E-state index in [4.69, 9.17) is 5.73 Å². The number of amides is 1. The lowest BCUT2D eigenvalue weighted by Gasteiger charge is -2.14. The fraction of sp³-hybridized carbons (Fsp3) is 0.231. The molecule has 0 aliphatic carbocycles. The van der Waals surface area contributed by atoms with Gasteiger partial charge in [-0.05, 0) is 6.07 Å². The normalized spacial score (nSPS) is 13.5. The van der Waals surface area contributed by atoms with Crippen molar-refractivity contribution in [3.8, 4) is 5.69 Å². The molecular weight excluding hydrogens is 292 g/mol. The summed E-state index contributed by atoms with van der Waals surface area (Å²) in [5, 5.41) is 34.5. The predicted octanol–water partition coefficient (Wildman–Crippen LogP) is 0.0502. The number of primary amides is 1. The van der Waals surface area contributed by atoms with Gasteiger partial charge in [0.15, 0.2) is 0 Å². The predicted molar refractivity (Wildman–Crippen MR) is 75.0 cm³/mol. The lowest BCUT2D eigenvalue weighted by molar-refractivity contribution is -0.384. The number of rotatable bonds is 6. The maximum absolute atomic E-state index is 11.0. The van der Waals surface area contributed by atoms with Crippen LogP contribution in [-0.2, 0) is 4.79 Å². The number of nitrogens with two attached hydrogens (primary N) is 1. The molecule has 1 amide bonds. The monoisotopic (exact) mass is 306 g/mol. The number of hydrogen-bond acceptors (Lipinski definition) is 6. The van der Waals surface area contributed by atoms with Gasteiger partial charge in [-0.3, -0.25) is 14.9 Å². The number of carbonyl (C=O) groups excluding carboxylic acids is 1. The molecule has 2 rings (SSSR count). The first-order valence-corrected chi connectivity index (χ1v) is 6.33. The van der Waals surface area contributed by atoms with Crippen LogP contribution in [0.3, 0.4) is 0 Å². The Morgan fingerprint density at radius 3 is 2.73 bits per heavy atom. The molecule has 1 aromatic carbocycles. The fourth-order valence-electron chi connectivity index (χ4n) is 1.97. The Bertz CT molecular complexity index is 699. The molecule has 4 N–H and O–H groups in total. The van der Waals surface area contributed by atoms with Gasteiger partial charge >= 0.3 is 0 Å². The van der Waals surface area contributed by atoms with Crippen molar-refractivity contribution in [2.45, 2.75) is 18.6 Å². The molecule has 1 heterocycles. The molecule has 0 radical (unpaired) electrons. The zero-order chi connectivity index (χ0) is 16.3. The van der Waals surface area contributed by atoms with Gasteiger partial charge in [-0.15, -0.1) is 0 Å². The summed E-state index contributed by atoms with van der Waals surface area (Å²) >= 11 is 0. The second kappa shape index (κ2) is 6.33. The average Bonchev–Trinajstić information content (AvgIpc) is 2.95. The van der Waals surface area contributed by atoms with Crippen LogP contribution in [0.2, 0.25) is 0 Å². The smallest absolute Gasteiger partial charge is 0.294 e. The Balaban J connectivity index is 2.29. The summed E-state index contributed by atoms with van der Waals surface area (Å²) in [6.45, 7) is 0. The van der Waals surface area contributed by atoms with Crippen LogP contribution in [0.15, 0.2) is 36.7 Å². The van der Waals surface area contributed by atoms with Gasteiger partial charge < -0.3 is 15.9 Å². The molecule has 2 unspecified atom stereocenters. The van der Waals surface area contributed by atoms with Gasteiger partial charge in [0, 0.05) is 17.8 Å². The molecule has 0 bridgehead atoms. The molecule has 0 fully saturated rings. The van der Waals surface area contributed by atoms with E-state index in [9.17, 15) is 25.1 Å². The number of aliphatic hydroxyl groups is 2. The number of carbonyl (C=O) groups is 1. The summed E-state index contributed by atoms with van der Waals surface area (Å²) in [7, 11) is 0. The Labute approximate surface area is 124 Å². The van der Waals surface area contributed by atoms with Crippen molar-refractivity contribution in [2.75, 3.05) is 0 Å². The van der Waals surface area contributed by atoms with Crippen LogP contribution in [0.4, 0.5) is 5.69 Å². The van der Waals surface area contributed by atoms with E-state index in [1.807, 2.05) is 0 Å². The number of nitro groups is 1. The Morgan fingerprint density at radius 2 is 2.09 bits per heavy atom. The molecule has 0 saturated carbocycles. The van der Waals surface area contributed by atoms with E-state index in [0.717, 1.165) is 0 Å². The van der Waals surface area contributed by atoms with Crippen LogP contribution in [0.5, 0.6) is 0 Å². The molecular formula is C13H14N4O5. The summed E-state index contributed by atoms with van der Waals surface area (Å²) in [5.41, 5.74) is 5.24. The van der Waals surface area contributed by atoms with Crippen LogP contribution in [-0.4, -0.2) is 36.9 Å². The van der Waals surface area contributed by atoms with Crippen molar-refractivity contribution in [3.63, 3.8) is 0 Å². The molecule has 0 saturated heterocycles. The molecule has 116 valence electrons. The molecule has 0 aliphatic rings. The minimum Gasteiger partial charge on any atom is -0.390 e. The van der Waals surface area contributed by atoms with Gasteiger partial charge in [0.2, 0.25) is 5.91 Å². The summed E-state index contributed by atoms with van der Waals surface area (Å²) in [6.07, 6.45) is -0.550. The Morgan fingerprint density at radius 1 is 1.41 bits per heavy atom. The second-order valence-electron chi connectivity index (χ2n) is 4.65. The molecule has 9 heteroatoms. The van der Waals surface area contributed by atoms with Gasteiger partial charge in [0.1, 0.15) is 11.8 Å². The van der Waals surface area contributed by atoms with E-state index in [1.165, 1.54) is 35.3 Å². The molecule has 2 atom stereocenters. The highest BCUT2D eigenvalue weighted by atomic mass is 16.6. The van der Waals surface area contributed by atoms with Crippen molar-refractivity contribution < 1.29 is 19.9 Å². The zero-order valence-electron chi connectivity index (χ0n) is 11.4. The first kappa shape index (κ1) is 15.6. The molecule has 1 aromatic heterocycles. The number of benzene rings is 1. The molecule has 9 nitrogen and oxygen atoms in total. The molecule has 0 spiro atoms. The third-order valence-electron chi connectivity index (χ3n) is 3.04. The van der Waals surface area contributed by atoms with E-state index in [2.05, 4.69) is 5.10 Å². The van der Waals surface area contributed by atoms with Crippen molar-refractivity contribution in [1.29, 1.82) is 0 Å². The third kappa shape index (κ3) is 3.27. The van der Waals surface area contributed by atoms with Gasteiger partial charge in [0.25, 0.3) is 5.69 Å². The van der Waals surface area contributed by atoms with E-state index in [1.54, 1.807) is 6.07 Å². The quantitative estimate of drug-likeness (QED) is 0.508. The standard InChI is InChI=1S/C13H14N4O5/c14-12(19)5-11(18)13(20)8-6-15-16(7-8)9-3-1-2-4-10(9)17(21)22/h1-4,6-7,11,13,18,20H,5H2,(H2,14,19). The zero-order valence-corrected chi connectivity index (χ0v) is 11.4. The summed E-state index contributed by atoms with van der Waals surface area (Å²) < 4.78 is 1.22. The maximum Gasteiger partial charge on any atom is 0.294 e. The minimum absolute atomic E-state index is 0.149. The molecule has 0 aliphatic heterocycles. The number of nitro benzene ring substituents is 1.